The van der Waals surface area contributed by atoms with E-state index in [4.69, 9.17) is 0 Å². The lowest BCUT2D eigenvalue weighted by Gasteiger charge is -2.21. The van der Waals surface area contributed by atoms with Crippen molar-refractivity contribution in [1.82, 2.24) is 5.32 Å². The highest BCUT2D eigenvalue weighted by molar-refractivity contribution is 6.00. The van der Waals surface area contributed by atoms with Crippen molar-refractivity contribution in [2.45, 2.75) is 31.8 Å². The van der Waals surface area contributed by atoms with Crippen LogP contribution in [0.4, 0.5) is 5.69 Å². The normalized spacial score (nSPS) is 21.3. The highest BCUT2D eigenvalue weighted by atomic mass is 16.2. The van der Waals surface area contributed by atoms with Gasteiger partial charge in [0, 0.05) is 11.7 Å². The van der Waals surface area contributed by atoms with Gasteiger partial charge in [0.1, 0.15) is 0 Å². The van der Waals surface area contributed by atoms with Gasteiger partial charge in [-0.05, 0) is 44.0 Å². The molecule has 0 aliphatic carbocycles. The molecule has 0 saturated carbocycles. The summed E-state index contributed by atoms with van der Waals surface area (Å²) >= 11 is 0. The molecule has 0 unspecified atom stereocenters. The number of carbonyl (C=O) groups excluding carboxylic acids is 1. The Morgan fingerprint density at radius 2 is 1.68 bits per heavy atom. The van der Waals surface area contributed by atoms with Gasteiger partial charge in [0.25, 0.3) is 0 Å². The Balaban J connectivity index is 1.58. The molecule has 22 heavy (non-hydrogen) atoms. The van der Waals surface area contributed by atoms with E-state index in [9.17, 15) is 4.79 Å². The third-order valence-electron chi connectivity index (χ3n) is 4.23. The minimum absolute atomic E-state index is 0.0704. The third-order valence-corrected chi connectivity index (χ3v) is 4.23. The summed E-state index contributed by atoms with van der Waals surface area (Å²) in [6.45, 7) is 2.94. The van der Waals surface area contributed by atoms with Crippen LogP contribution in [0.1, 0.15) is 18.9 Å². The van der Waals surface area contributed by atoms with E-state index in [1.807, 2.05) is 41.3 Å². The summed E-state index contributed by atoms with van der Waals surface area (Å²) in [6.07, 6.45) is 1.81. The highest BCUT2D eigenvalue weighted by Gasteiger charge is 2.37. The Morgan fingerprint density at radius 3 is 2.36 bits per heavy atom. The van der Waals surface area contributed by atoms with E-state index >= 15 is 0 Å². The summed E-state index contributed by atoms with van der Waals surface area (Å²) in [4.78, 5) is 14.5. The van der Waals surface area contributed by atoms with Crippen molar-refractivity contribution >= 4 is 11.6 Å². The Kier molecular flexibility index (Phi) is 4.54. The second-order valence-electron chi connectivity index (χ2n) is 5.87. The fraction of sp³-hybridized carbons (Fsp3) is 0.316. The maximum Gasteiger partial charge on any atom is 0.244 e. The first-order valence-corrected chi connectivity index (χ1v) is 7.91. The lowest BCUT2D eigenvalue weighted by molar-refractivity contribution is -0.118. The number of rotatable bonds is 5. The topological polar surface area (TPSA) is 32.3 Å². The molecule has 2 aromatic rings. The van der Waals surface area contributed by atoms with Crippen molar-refractivity contribution in [2.24, 2.45) is 0 Å². The number of amides is 1. The van der Waals surface area contributed by atoms with Crippen molar-refractivity contribution in [3.05, 3.63) is 66.2 Å². The number of anilines is 1. The van der Waals surface area contributed by atoms with E-state index in [-0.39, 0.29) is 18.0 Å². The molecule has 0 bridgehead atoms. The van der Waals surface area contributed by atoms with Gasteiger partial charge in [0.15, 0.2) is 0 Å². The molecule has 1 N–H and O–H groups in total. The first kappa shape index (κ1) is 14.8. The number of hydrogen-bond acceptors (Lipinski definition) is 2. The maximum absolute atomic E-state index is 12.6. The summed E-state index contributed by atoms with van der Waals surface area (Å²) in [5.74, 6) is 0.187. The standard InChI is InChI=1S/C19H22N2O/c1-15-14-18(20-13-12-16-8-4-2-5-9-16)19(22)21(15)17-10-6-3-7-11-17/h2-11,15,18,20H,12-14H2,1H3/t15-,18+/m1/s1. The van der Waals surface area contributed by atoms with Crippen LogP contribution in [-0.2, 0) is 11.2 Å². The van der Waals surface area contributed by atoms with E-state index in [0.717, 1.165) is 25.1 Å². The van der Waals surface area contributed by atoms with Crippen LogP contribution in [0.2, 0.25) is 0 Å². The van der Waals surface area contributed by atoms with E-state index in [2.05, 4.69) is 36.5 Å². The van der Waals surface area contributed by atoms with E-state index in [0.29, 0.717) is 0 Å². The zero-order chi connectivity index (χ0) is 15.4. The van der Waals surface area contributed by atoms with Crippen LogP contribution < -0.4 is 10.2 Å². The van der Waals surface area contributed by atoms with Gasteiger partial charge in [-0.25, -0.2) is 0 Å². The van der Waals surface area contributed by atoms with E-state index in [1.54, 1.807) is 0 Å². The van der Waals surface area contributed by atoms with Crippen LogP contribution in [0, 0.1) is 0 Å². The van der Waals surface area contributed by atoms with Crippen LogP contribution >= 0.6 is 0 Å². The van der Waals surface area contributed by atoms with E-state index < -0.39 is 0 Å². The summed E-state index contributed by atoms with van der Waals surface area (Å²) in [5.41, 5.74) is 2.29. The van der Waals surface area contributed by atoms with Gasteiger partial charge < -0.3 is 10.2 Å². The van der Waals surface area contributed by atoms with Gasteiger partial charge in [0.2, 0.25) is 5.91 Å². The molecule has 0 radical (unpaired) electrons. The molecule has 1 amide bonds. The summed E-state index contributed by atoms with van der Waals surface area (Å²) in [5, 5.41) is 3.42. The van der Waals surface area contributed by atoms with Crippen molar-refractivity contribution in [1.29, 1.82) is 0 Å². The Bertz CT molecular complexity index is 612. The van der Waals surface area contributed by atoms with Crippen molar-refractivity contribution < 1.29 is 4.79 Å². The predicted octanol–water partition coefficient (Wildman–Crippen LogP) is 3.01. The summed E-state index contributed by atoms with van der Waals surface area (Å²) < 4.78 is 0. The smallest absolute Gasteiger partial charge is 0.244 e. The van der Waals surface area contributed by atoms with Crippen molar-refractivity contribution in [2.75, 3.05) is 11.4 Å². The number of benzene rings is 2. The summed E-state index contributed by atoms with van der Waals surface area (Å²) in [6, 6.07) is 20.5. The molecule has 2 atom stereocenters. The van der Waals surface area contributed by atoms with Crippen LogP contribution in [-0.4, -0.2) is 24.5 Å². The molecule has 3 rings (SSSR count). The van der Waals surface area contributed by atoms with Crippen LogP contribution in [0.5, 0.6) is 0 Å². The fourth-order valence-electron chi connectivity index (χ4n) is 3.11. The minimum Gasteiger partial charge on any atom is -0.308 e. The largest absolute Gasteiger partial charge is 0.308 e. The van der Waals surface area contributed by atoms with Gasteiger partial charge in [-0.2, -0.15) is 0 Å². The number of hydrogen-bond donors (Lipinski definition) is 1. The van der Waals surface area contributed by atoms with Crippen LogP contribution in [0.3, 0.4) is 0 Å². The Labute approximate surface area is 132 Å². The molecule has 0 aromatic heterocycles. The van der Waals surface area contributed by atoms with E-state index in [1.165, 1.54) is 5.56 Å². The zero-order valence-corrected chi connectivity index (χ0v) is 12.9. The van der Waals surface area contributed by atoms with Gasteiger partial charge >= 0.3 is 0 Å². The molecular formula is C19H22N2O. The molecular weight excluding hydrogens is 272 g/mol. The number of carbonyl (C=O) groups is 1. The lowest BCUT2D eigenvalue weighted by atomic mass is 10.1. The molecule has 1 heterocycles. The number of para-hydroxylation sites is 1. The second kappa shape index (κ2) is 6.75. The molecule has 3 heteroatoms. The molecule has 0 spiro atoms. The maximum atomic E-state index is 12.6. The number of nitrogens with one attached hydrogen (secondary N) is 1. The summed E-state index contributed by atoms with van der Waals surface area (Å²) in [7, 11) is 0. The molecule has 1 saturated heterocycles. The Hall–Kier alpha value is -2.13. The molecule has 1 aliphatic heterocycles. The molecule has 1 aliphatic rings. The average Bonchev–Trinajstić information content (AvgIpc) is 2.83. The Morgan fingerprint density at radius 1 is 1.05 bits per heavy atom. The van der Waals surface area contributed by atoms with Crippen LogP contribution in [0.15, 0.2) is 60.7 Å². The molecule has 1 fully saturated rings. The molecule has 114 valence electrons. The average molecular weight is 294 g/mol. The van der Waals surface area contributed by atoms with Crippen molar-refractivity contribution in [3.63, 3.8) is 0 Å². The first-order valence-electron chi connectivity index (χ1n) is 7.91. The van der Waals surface area contributed by atoms with Gasteiger partial charge in [-0.1, -0.05) is 48.5 Å². The van der Waals surface area contributed by atoms with Crippen LogP contribution in [0.25, 0.3) is 0 Å². The monoisotopic (exact) mass is 294 g/mol. The minimum atomic E-state index is -0.0704. The number of nitrogens with zero attached hydrogens (tertiary/aromatic N) is 1. The first-order chi connectivity index (χ1) is 10.8. The van der Waals surface area contributed by atoms with Gasteiger partial charge in [-0.15, -0.1) is 0 Å². The zero-order valence-electron chi connectivity index (χ0n) is 12.9. The van der Waals surface area contributed by atoms with Gasteiger partial charge in [0.05, 0.1) is 6.04 Å². The predicted molar refractivity (Wildman–Crippen MR) is 89.9 cm³/mol. The second-order valence-corrected chi connectivity index (χ2v) is 5.87. The fourth-order valence-corrected chi connectivity index (χ4v) is 3.11. The molecule has 2 aromatic carbocycles. The lowest BCUT2D eigenvalue weighted by Crippen LogP contribution is -2.39. The van der Waals surface area contributed by atoms with Crippen molar-refractivity contribution in [3.8, 4) is 0 Å². The third kappa shape index (κ3) is 3.20. The SMILES string of the molecule is C[C@@H]1C[C@H](NCCc2ccccc2)C(=O)N1c1ccccc1. The molecule has 3 nitrogen and oxygen atoms in total. The quantitative estimate of drug-likeness (QED) is 0.919. The van der Waals surface area contributed by atoms with Gasteiger partial charge in [-0.3, -0.25) is 4.79 Å². The highest BCUT2D eigenvalue weighted by Crippen LogP contribution is 2.26.